The highest BCUT2D eigenvalue weighted by Crippen LogP contribution is 2.48. The van der Waals surface area contributed by atoms with E-state index in [4.69, 9.17) is 25.7 Å². The molecule has 7 nitrogen and oxygen atoms in total. The predicted molar refractivity (Wildman–Crippen MR) is 143 cm³/mol. The summed E-state index contributed by atoms with van der Waals surface area (Å²) in [4.78, 5) is 24.4. The smallest absolute Gasteiger partial charge is 0.459 e. The van der Waals surface area contributed by atoms with Crippen molar-refractivity contribution in [3.05, 3.63) is 89.5 Å². The van der Waals surface area contributed by atoms with Gasteiger partial charge in [0.2, 0.25) is 0 Å². The molecule has 0 amide bonds. The van der Waals surface area contributed by atoms with Crippen LogP contribution in [0.1, 0.15) is 34.3 Å². The molecule has 0 aliphatic heterocycles. The third-order valence-corrected chi connectivity index (χ3v) is 5.85. The van der Waals surface area contributed by atoms with Crippen molar-refractivity contribution in [2.75, 3.05) is 18.1 Å². The average molecular weight is 615 g/mol. The third-order valence-electron chi connectivity index (χ3n) is 5.85. The standard InChI is InChI=1S/C29H25F7N2O5/c30-27(31,28(32,33)29(34,35)36)14-1-15-41-22-11-6-19(7-12-22)26(40)43-23-9-2-18(3-10-23)4-13-25(39)42-17-20-5-8-21(37)16-24(20)38/h2-13,16H,1,14-15,17,37-38H2. The SMILES string of the molecule is Nc1ccc(COC(=O)C=Cc2ccc(OC(=O)c3ccc(OCCCC(F)(F)C(F)(F)C(F)(F)F)cc3)cc2)c(N)c1. The van der Waals surface area contributed by atoms with Crippen molar-refractivity contribution in [2.45, 2.75) is 37.5 Å². The fourth-order valence-corrected chi connectivity index (χ4v) is 3.45. The van der Waals surface area contributed by atoms with E-state index in [0.29, 0.717) is 22.5 Å². The molecule has 0 aromatic heterocycles. The van der Waals surface area contributed by atoms with Crippen LogP contribution in [0.5, 0.6) is 11.5 Å². The van der Waals surface area contributed by atoms with E-state index in [1.807, 2.05) is 0 Å². The Morgan fingerprint density at radius 2 is 1.44 bits per heavy atom. The van der Waals surface area contributed by atoms with Gasteiger partial charge in [0, 0.05) is 29.4 Å². The second-order valence-electron chi connectivity index (χ2n) is 9.11. The van der Waals surface area contributed by atoms with Gasteiger partial charge in [0.15, 0.2) is 0 Å². The Labute approximate surface area is 240 Å². The summed E-state index contributed by atoms with van der Waals surface area (Å²) in [6.07, 6.45) is -6.22. The predicted octanol–water partition coefficient (Wildman–Crippen LogP) is 6.82. The van der Waals surface area contributed by atoms with Crippen molar-refractivity contribution in [3.63, 3.8) is 0 Å². The number of alkyl halides is 7. The van der Waals surface area contributed by atoms with E-state index in [-0.39, 0.29) is 23.7 Å². The molecular formula is C29H25F7N2O5. The largest absolute Gasteiger partial charge is 0.494 e. The Hall–Kier alpha value is -4.75. The normalized spacial score (nSPS) is 12.3. The fourth-order valence-electron chi connectivity index (χ4n) is 3.45. The van der Waals surface area contributed by atoms with Crippen molar-refractivity contribution in [1.29, 1.82) is 0 Å². The monoisotopic (exact) mass is 614 g/mol. The van der Waals surface area contributed by atoms with Crippen LogP contribution in [0, 0.1) is 0 Å². The van der Waals surface area contributed by atoms with Crippen LogP contribution in [0.15, 0.2) is 72.8 Å². The van der Waals surface area contributed by atoms with E-state index in [0.717, 1.165) is 0 Å². The van der Waals surface area contributed by atoms with Crippen molar-refractivity contribution in [3.8, 4) is 11.5 Å². The van der Waals surface area contributed by atoms with E-state index in [9.17, 15) is 40.3 Å². The van der Waals surface area contributed by atoms with Crippen LogP contribution in [0.4, 0.5) is 42.1 Å². The fraction of sp³-hybridized carbons (Fsp3) is 0.241. The lowest BCUT2D eigenvalue weighted by Crippen LogP contribution is -2.51. The maximum Gasteiger partial charge on any atom is 0.459 e. The number of anilines is 2. The zero-order chi connectivity index (χ0) is 31.8. The molecule has 0 heterocycles. The summed E-state index contributed by atoms with van der Waals surface area (Å²) < 4.78 is 105. The minimum atomic E-state index is -6.38. The second kappa shape index (κ2) is 13.5. The van der Waals surface area contributed by atoms with Crippen molar-refractivity contribution in [2.24, 2.45) is 0 Å². The quantitative estimate of drug-likeness (QED) is 0.0575. The van der Waals surface area contributed by atoms with Gasteiger partial charge in [0.25, 0.3) is 0 Å². The molecule has 0 spiro atoms. The summed E-state index contributed by atoms with van der Waals surface area (Å²) in [6.45, 7) is -0.605. The van der Waals surface area contributed by atoms with Crippen molar-refractivity contribution < 1.29 is 54.5 Å². The molecule has 3 aromatic carbocycles. The van der Waals surface area contributed by atoms with Crippen LogP contribution in [-0.2, 0) is 16.1 Å². The lowest BCUT2D eigenvalue weighted by atomic mass is 10.1. The highest BCUT2D eigenvalue weighted by molar-refractivity contribution is 5.91. The summed E-state index contributed by atoms with van der Waals surface area (Å²) in [6, 6.07) is 16.1. The topological polar surface area (TPSA) is 114 Å². The first-order chi connectivity index (χ1) is 20.1. The molecule has 230 valence electrons. The van der Waals surface area contributed by atoms with Crippen LogP contribution in [-0.4, -0.2) is 36.6 Å². The highest BCUT2D eigenvalue weighted by atomic mass is 19.4. The number of carbonyl (C=O) groups excluding carboxylic acids is 2. The first-order valence-corrected chi connectivity index (χ1v) is 12.5. The molecule has 0 unspecified atom stereocenters. The van der Waals surface area contributed by atoms with Gasteiger partial charge in [-0.3, -0.25) is 0 Å². The number of nitrogen functional groups attached to an aromatic ring is 2. The number of hydrogen-bond donors (Lipinski definition) is 2. The molecule has 3 rings (SSSR count). The average Bonchev–Trinajstić information content (AvgIpc) is 2.94. The number of carbonyl (C=O) groups is 2. The second-order valence-corrected chi connectivity index (χ2v) is 9.11. The zero-order valence-corrected chi connectivity index (χ0v) is 22.2. The molecule has 0 atom stereocenters. The summed E-state index contributed by atoms with van der Waals surface area (Å²) in [5, 5.41) is 0. The highest BCUT2D eigenvalue weighted by Gasteiger charge is 2.72. The summed E-state index contributed by atoms with van der Waals surface area (Å²) in [5.41, 5.74) is 13.6. The Balaban J connectivity index is 1.44. The minimum Gasteiger partial charge on any atom is -0.494 e. The summed E-state index contributed by atoms with van der Waals surface area (Å²) >= 11 is 0. The molecule has 14 heteroatoms. The first kappa shape index (κ1) is 32.8. The number of hydrogen-bond acceptors (Lipinski definition) is 7. The van der Waals surface area contributed by atoms with Crippen LogP contribution in [0.25, 0.3) is 6.08 Å². The maximum atomic E-state index is 13.3. The molecule has 3 aromatic rings. The van der Waals surface area contributed by atoms with Crippen LogP contribution < -0.4 is 20.9 Å². The number of esters is 2. The molecule has 0 aliphatic carbocycles. The molecule has 0 bridgehead atoms. The van der Waals surface area contributed by atoms with Gasteiger partial charge in [-0.1, -0.05) is 18.2 Å². The maximum absolute atomic E-state index is 13.3. The first-order valence-electron chi connectivity index (χ1n) is 12.5. The lowest BCUT2D eigenvalue weighted by molar-refractivity contribution is -0.355. The van der Waals surface area contributed by atoms with Gasteiger partial charge < -0.3 is 25.7 Å². The van der Waals surface area contributed by atoms with E-state index >= 15 is 0 Å². The number of nitrogens with two attached hydrogens (primary N) is 2. The molecule has 43 heavy (non-hydrogen) atoms. The minimum absolute atomic E-state index is 0.0386. The van der Waals surface area contributed by atoms with Gasteiger partial charge in [-0.2, -0.15) is 30.7 Å². The van der Waals surface area contributed by atoms with Gasteiger partial charge in [-0.25, -0.2) is 9.59 Å². The molecule has 4 N–H and O–H groups in total. The Morgan fingerprint density at radius 3 is 2.05 bits per heavy atom. The Morgan fingerprint density at radius 1 is 0.814 bits per heavy atom. The van der Waals surface area contributed by atoms with Crippen molar-refractivity contribution >= 4 is 29.4 Å². The van der Waals surface area contributed by atoms with E-state index in [1.165, 1.54) is 48.6 Å². The Kier molecular flexibility index (Phi) is 10.3. The number of rotatable bonds is 12. The van der Waals surface area contributed by atoms with Crippen LogP contribution >= 0.6 is 0 Å². The van der Waals surface area contributed by atoms with Crippen molar-refractivity contribution in [1.82, 2.24) is 0 Å². The van der Waals surface area contributed by atoms with Crippen LogP contribution in [0.3, 0.4) is 0 Å². The zero-order valence-electron chi connectivity index (χ0n) is 22.2. The van der Waals surface area contributed by atoms with Gasteiger partial charge in [-0.05, 0) is 66.6 Å². The van der Waals surface area contributed by atoms with Gasteiger partial charge >= 0.3 is 30.0 Å². The van der Waals surface area contributed by atoms with E-state index in [2.05, 4.69) is 0 Å². The molecule has 0 radical (unpaired) electrons. The Bertz CT molecular complexity index is 1440. The number of ether oxygens (including phenoxy) is 3. The van der Waals surface area contributed by atoms with Crippen LogP contribution in [0.2, 0.25) is 0 Å². The molecule has 0 saturated heterocycles. The summed E-state index contributed by atoms with van der Waals surface area (Å²) in [5.74, 6) is -12.6. The lowest BCUT2D eigenvalue weighted by Gasteiger charge is -2.28. The van der Waals surface area contributed by atoms with Gasteiger partial charge in [-0.15, -0.1) is 0 Å². The number of benzene rings is 3. The van der Waals surface area contributed by atoms with Gasteiger partial charge in [0.05, 0.1) is 12.2 Å². The molecule has 0 fully saturated rings. The molecule has 0 aliphatic rings. The molecule has 0 saturated carbocycles. The molecular weight excluding hydrogens is 589 g/mol. The number of halogens is 7. The van der Waals surface area contributed by atoms with E-state index < -0.39 is 49.4 Å². The summed E-state index contributed by atoms with van der Waals surface area (Å²) in [7, 11) is 0. The van der Waals surface area contributed by atoms with E-state index in [1.54, 1.807) is 30.3 Å². The van der Waals surface area contributed by atoms with Gasteiger partial charge in [0.1, 0.15) is 18.1 Å². The third kappa shape index (κ3) is 8.87.